The van der Waals surface area contributed by atoms with Crippen molar-refractivity contribution in [2.24, 2.45) is 11.8 Å². The topological polar surface area (TPSA) is 72.0 Å². The molecule has 0 aromatic carbocycles. The average Bonchev–Trinajstić information content (AvgIpc) is 2.34. The summed E-state index contributed by atoms with van der Waals surface area (Å²) in [5.74, 6) is 2.21. The van der Waals surface area contributed by atoms with Gasteiger partial charge in [-0.25, -0.2) is 0 Å². The van der Waals surface area contributed by atoms with Gasteiger partial charge in [0.1, 0.15) is 0 Å². The van der Waals surface area contributed by atoms with Crippen LogP contribution < -0.4 is 15.4 Å². The van der Waals surface area contributed by atoms with Crippen molar-refractivity contribution in [1.82, 2.24) is 15.0 Å². The van der Waals surface area contributed by atoms with E-state index >= 15 is 0 Å². The second-order valence-corrected chi connectivity index (χ2v) is 5.28. The standard InChI is InChI=1S/C13H25N5O/c1-8(2)10(5)7-15-12-16-11(14-6)17-13(18-12)19-9(3)4/h8-10H,7H2,1-6H3,(H2,14,15,16,17,18). The number of anilines is 2. The molecule has 1 aromatic heterocycles. The Hall–Kier alpha value is -1.59. The van der Waals surface area contributed by atoms with Crippen molar-refractivity contribution < 1.29 is 4.74 Å². The van der Waals surface area contributed by atoms with E-state index < -0.39 is 0 Å². The molecule has 0 saturated heterocycles. The van der Waals surface area contributed by atoms with Crippen LogP contribution in [0.15, 0.2) is 0 Å². The van der Waals surface area contributed by atoms with E-state index in [0.717, 1.165) is 6.54 Å². The first kappa shape index (κ1) is 15.5. The van der Waals surface area contributed by atoms with Crippen molar-refractivity contribution in [1.29, 1.82) is 0 Å². The lowest BCUT2D eigenvalue weighted by Gasteiger charge is -2.16. The molecule has 0 spiro atoms. The fraction of sp³-hybridized carbons (Fsp3) is 0.769. The van der Waals surface area contributed by atoms with Gasteiger partial charge in [0.25, 0.3) is 0 Å². The number of rotatable bonds is 7. The van der Waals surface area contributed by atoms with Gasteiger partial charge in [0.15, 0.2) is 0 Å². The van der Waals surface area contributed by atoms with Gasteiger partial charge in [-0.2, -0.15) is 15.0 Å². The fourth-order valence-corrected chi connectivity index (χ4v) is 1.30. The van der Waals surface area contributed by atoms with Gasteiger partial charge in [0.05, 0.1) is 6.10 Å². The van der Waals surface area contributed by atoms with Crippen LogP contribution in [0.5, 0.6) is 6.01 Å². The molecule has 2 N–H and O–H groups in total. The first-order valence-electron chi connectivity index (χ1n) is 6.76. The molecule has 1 unspecified atom stereocenters. The summed E-state index contributed by atoms with van der Waals surface area (Å²) in [5, 5.41) is 6.14. The third-order valence-electron chi connectivity index (χ3n) is 2.90. The number of ether oxygens (including phenoxy) is 1. The van der Waals surface area contributed by atoms with Crippen molar-refractivity contribution in [3.8, 4) is 6.01 Å². The second kappa shape index (κ2) is 7.11. The molecular formula is C13H25N5O. The van der Waals surface area contributed by atoms with Crippen molar-refractivity contribution in [2.75, 3.05) is 24.2 Å². The van der Waals surface area contributed by atoms with E-state index in [1.165, 1.54) is 0 Å². The highest BCUT2D eigenvalue weighted by Gasteiger charge is 2.11. The Morgan fingerprint density at radius 2 is 1.63 bits per heavy atom. The lowest BCUT2D eigenvalue weighted by molar-refractivity contribution is 0.222. The van der Waals surface area contributed by atoms with Crippen LogP contribution in [0.1, 0.15) is 34.6 Å². The van der Waals surface area contributed by atoms with Crippen LogP contribution in [-0.2, 0) is 0 Å². The van der Waals surface area contributed by atoms with E-state index in [-0.39, 0.29) is 6.10 Å². The van der Waals surface area contributed by atoms with Crippen LogP contribution in [-0.4, -0.2) is 34.6 Å². The molecular weight excluding hydrogens is 242 g/mol. The average molecular weight is 267 g/mol. The van der Waals surface area contributed by atoms with E-state index in [1.54, 1.807) is 7.05 Å². The largest absolute Gasteiger partial charge is 0.461 e. The van der Waals surface area contributed by atoms with E-state index in [1.807, 2.05) is 13.8 Å². The minimum atomic E-state index is 0.0366. The summed E-state index contributed by atoms with van der Waals surface area (Å²) in [4.78, 5) is 12.7. The number of aromatic nitrogens is 3. The Morgan fingerprint density at radius 3 is 2.16 bits per heavy atom. The molecule has 0 aliphatic rings. The molecule has 1 heterocycles. The zero-order valence-electron chi connectivity index (χ0n) is 12.7. The van der Waals surface area contributed by atoms with Gasteiger partial charge in [0.2, 0.25) is 11.9 Å². The smallest absolute Gasteiger partial charge is 0.323 e. The summed E-state index contributed by atoms with van der Waals surface area (Å²) in [5.41, 5.74) is 0. The Kier molecular flexibility index (Phi) is 5.79. The maximum Gasteiger partial charge on any atom is 0.323 e. The minimum absolute atomic E-state index is 0.0366. The maximum absolute atomic E-state index is 5.51. The van der Waals surface area contributed by atoms with Gasteiger partial charge < -0.3 is 15.4 Å². The predicted molar refractivity (Wildman–Crippen MR) is 77.6 cm³/mol. The van der Waals surface area contributed by atoms with Crippen LogP contribution in [0, 0.1) is 11.8 Å². The molecule has 6 nitrogen and oxygen atoms in total. The summed E-state index contributed by atoms with van der Waals surface area (Å²) in [6.07, 6.45) is 0.0366. The molecule has 1 atom stereocenters. The van der Waals surface area contributed by atoms with E-state index in [4.69, 9.17) is 4.74 Å². The molecule has 108 valence electrons. The van der Waals surface area contributed by atoms with Gasteiger partial charge in [-0.15, -0.1) is 0 Å². The van der Waals surface area contributed by atoms with Crippen LogP contribution in [0.4, 0.5) is 11.9 Å². The summed E-state index contributed by atoms with van der Waals surface area (Å²) >= 11 is 0. The number of nitrogens with one attached hydrogen (secondary N) is 2. The molecule has 6 heteroatoms. The predicted octanol–water partition coefficient (Wildman–Crippen LogP) is 2.40. The zero-order valence-corrected chi connectivity index (χ0v) is 12.7. The molecule has 19 heavy (non-hydrogen) atoms. The van der Waals surface area contributed by atoms with E-state index in [0.29, 0.717) is 29.7 Å². The Morgan fingerprint density at radius 1 is 1.00 bits per heavy atom. The highest BCUT2D eigenvalue weighted by atomic mass is 16.5. The monoisotopic (exact) mass is 267 g/mol. The molecule has 0 aliphatic carbocycles. The summed E-state index contributed by atoms with van der Waals surface area (Å²) < 4.78 is 5.51. The molecule has 0 radical (unpaired) electrons. The van der Waals surface area contributed by atoms with Crippen LogP contribution >= 0.6 is 0 Å². The first-order valence-corrected chi connectivity index (χ1v) is 6.76. The Labute approximate surface area is 115 Å². The minimum Gasteiger partial charge on any atom is -0.461 e. The Bertz CT molecular complexity index is 395. The number of nitrogens with zero attached hydrogens (tertiary/aromatic N) is 3. The maximum atomic E-state index is 5.51. The van der Waals surface area contributed by atoms with Crippen molar-refractivity contribution >= 4 is 11.9 Å². The SMILES string of the molecule is CNc1nc(NCC(C)C(C)C)nc(OC(C)C)n1. The van der Waals surface area contributed by atoms with E-state index in [2.05, 4.69) is 46.4 Å². The lowest BCUT2D eigenvalue weighted by atomic mass is 9.98. The molecule has 0 fully saturated rings. The summed E-state index contributed by atoms with van der Waals surface area (Å²) in [6.45, 7) is 11.3. The number of hydrogen-bond donors (Lipinski definition) is 2. The van der Waals surface area contributed by atoms with Crippen LogP contribution in [0.25, 0.3) is 0 Å². The quantitative estimate of drug-likeness (QED) is 0.790. The highest BCUT2D eigenvalue weighted by molar-refractivity contribution is 5.35. The van der Waals surface area contributed by atoms with Crippen molar-refractivity contribution in [2.45, 2.75) is 40.7 Å². The lowest BCUT2D eigenvalue weighted by Crippen LogP contribution is -2.19. The van der Waals surface area contributed by atoms with Gasteiger partial charge in [-0.1, -0.05) is 20.8 Å². The van der Waals surface area contributed by atoms with Gasteiger partial charge in [-0.05, 0) is 25.7 Å². The van der Waals surface area contributed by atoms with Gasteiger partial charge >= 0.3 is 6.01 Å². The molecule has 1 rings (SSSR count). The highest BCUT2D eigenvalue weighted by Crippen LogP contribution is 2.14. The second-order valence-electron chi connectivity index (χ2n) is 5.28. The zero-order chi connectivity index (χ0) is 14.4. The molecule has 1 aromatic rings. The van der Waals surface area contributed by atoms with Crippen molar-refractivity contribution in [3.63, 3.8) is 0 Å². The molecule has 0 aliphatic heterocycles. The first-order chi connectivity index (χ1) is 8.92. The molecule has 0 amide bonds. The fourth-order valence-electron chi connectivity index (χ4n) is 1.30. The van der Waals surface area contributed by atoms with E-state index in [9.17, 15) is 0 Å². The summed E-state index contributed by atoms with van der Waals surface area (Å²) in [7, 11) is 1.77. The molecule has 0 saturated carbocycles. The summed E-state index contributed by atoms with van der Waals surface area (Å²) in [6, 6.07) is 0.342. The molecule has 0 bridgehead atoms. The van der Waals surface area contributed by atoms with Crippen LogP contribution in [0.2, 0.25) is 0 Å². The number of hydrogen-bond acceptors (Lipinski definition) is 6. The van der Waals surface area contributed by atoms with Gasteiger partial charge in [0, 0.05) is 13.6 Å². The van der Waals surface area contributed by atoms with Crippen LogP contribution in [0.3, 0.4) is 0 Å². The van der Waals surface area contributed by atoms with Gasteiger partial charge in [-0.3, -0.25) is 0 Å². The normalized spacial score (nSPS) is 12.6. The third kappa shape index (κ3) is 5.28. The Balaban J connectivity index is 2.76. The van der Waals surface area contributed by atoms with Crippen molar-refractivity contribution in [3.05, 3.63) is 0 Å². The third-order valence-corrected chi connectivity index (χ3v) is 2.90.